The molecule has 2 heterocycles. The van der Waals surface area contributed by atoms with Crippen LogP contribution in [0, 0.1) is 5.92 Å². The Bertz CT molecular complexity index is 793. The van der Waals surface area contributed by atoms with Crippen LogP contribution in [-0.2, 0) is 13.0 Å². The number of amides is 1. The average molecular weight is 313 g/mol. The minimum Gasteiger partial charge on any atom is -0.352 e. The van der Waals surface area contributed by atoms with Crippen molar-refractivity contribution in [2.24, 2.45) is 5.92 Å². The topological polar surface area (TPSA) is 64.0 Å². The van der Waals surface area contributed by atoms with Crippen molar-refractivity contribution in [2.75, 3.05) is 6.54 Å². The molecular formula is C18H23N3O2. The highest BCUT2D eigenvalue weighted by Crippen LogP contribution is 2.16. The molecule has 1 N–H and O–H groups in total. The van der Waals surface area contributed by atoms with Crippen LogP contribution in [-0.4, -0.2) is 22.0 Å². The zero-order chi connectivity index (χ0) is 16.4. The maximum absolute atomic E-state index is 12.5. The maximum Gasteiger partial charge on any atom is 0.261 e. The van der Waals surface area contributed by atoms with E-state index in [-0.39, 0.29) is 11.5 Å². The van der Waals surface area contributed by atoms with Crippen molar-refractivity contribution >= 4 is 16.8 Å². The molecule has 3 rings (SSSR count). The fraction of sp³-hybridized carbons (Fsp3) is 0.500. The molecule has 0 atom stereocenters. The number of carbonyl (C=O) groups is 1. The number of hydrogen-bond donors (Lipinski definition) is 1. The highest BCUT2D eigenvalue weighted by atomic mass is 16.1. The smallest absolute Gasteiger partial charge is 0.261 e. The van der Waals surface area contributed by atoms with E-state index in [1.165, 1.54) is 0 Å². The molecule has 1 amide bonds. The van der Waals surface area contributed by atoms with Crippen LogP contribution < -0.4 is 10.9 Å². The van der Waals surface area contributed by atoms with Gasteiger partial charge in [-0.05, 0) is 43.4 Å². The summed E-state index contributed by atoms with van der Waals surface area (Å²) in [4.78, 5) is 29.4. The van der Waals surface area contributed by atoms with Gasteiger partial charge in [0.25, 0.3) is 11.5 Å². The lowest BCUT2D eigenvalue weighted by Crippen LogP contribution is -2.29. The quantitative estimate of drug-likeness (QED) is 0.943. The maximum atomic E-state index is 12.5. The van der Waals surface area contributed by atoms with Gasteiger partial charge in [0.05, 0.1) is 10.9 Å². The van der Waals surface area contributed by atoms with Crippen molar-refractivity contribution < 1.29 is 4.79 Å². The van der Waals surface area contributed by atoms with Crippen LogP contribution in [0.4, 0.5) is 0 Å². The highest BCUT2D eigenvalue weighted by Gasteiger charge is 2.15. The van der Waals surface area contributed by atoms with E-state index in [9.17, 15) is 9.59 Å². The first-order valence-corrected chi connectivity index (χ1v) is 8.38. The molecule has 5 nitrogen and oxygen atoms in total. The van der Waals surface area contributed by atoms with Crippen molar-refractivity contribution in [3.63, 3.8) is 0 Å². The molecule has 1 aliphatic heterocycles. The number of nitrogens with zero attached hydrogens (tertiary/aromatic N) is 2. The summed E-state index contributed by atoms with van der Waals surface area (Å²) in [7, 11) is 0. The molecule has 122 valence electrons. The molecule has 0 saturated heterocycles. The van der Waals surface area contributed by atoms with Gasteiger partial charge < -0.3 is 5.32 Å². The predicted octanol–water partition coefficient (Wildman–Crippen LogP) is 2.51. The van der Waals surface area contributed by atoms with Crippen LogP contribution in [0.3, 0.4) is 0 Å². The standard InChI is InChI=1S/C18H23N3O2/c1-12(2)8-9-19-17(22)13-6-7-14-15(11-13)20-16-5-3-4-10-21(16)18(14)23/h6-7,11-12H,3-5,8-10H2,1-2H3,(H,19,22). The fourth-order valence-electron chi connectivity index (χ4n) is 2.96. The van der Waals surface area contributed by atoms with Gasteiger partial charge in [0.1, 0.15) is 5.82 Å². The van der Waals surface area contributed by atoms with E-state index in [0.717, 1.165) is 38.1 Å². The van der Waals surface area contributed by atoms with Crippen molar-refractivity contribution in [2.45, 2.75) is 46.1 Å². The first-order chi connectivity index (χ1) is 11.1. The van der Waals surface area contributed by atoms with E-state index in [2.05, 4.69) is 24.1 Å². The minimum absolute atomic E-state index is 0.0106. The Hall–Kier alpha value is -2.17. The summed E-state index contributed by atoms with van der Waals surface area (Å²) < 4.78 is 1.77. The number of hydrogen-bond acceptors (Lipinski definition) is 3. The van der Waals surface area contributed by atoms with E-state index in [4.69, 9.17) is 0 Å². The summed E-state index contributed by atoms with van der Waals surface area (Å²) in [6, 6.07) is 5.17. The molecule has 0 saturated carbocycles. The summed E-state index contributed by atoms with van der Waals surface area (Å²) in [6.45, 7) is 5.66. The Morgan fingerprint density at radius 3 is 2.96 bits per heavy atom. The molecule has 1 aromatic carbocycles. The molecular weight excluding hydrogens is 290 g/mol. The largest absolute Gasteiger partial charge is 0.352 e. The molecule has 0 fully saturated rings. The van der Waals surface area contributed by atoms with Gasteiger partial charge in [-0.25, -0.2) is 4.98 Å². The molecule has 0 unspecified atom stereocenters. The number of rotatable bonds is 4. The fourth-order valence-corrected chi connectivity index (χ4v) is 2.96. The lowest BCUT2D eigenvalue weighted by molar-refractivity contribution is 0.0952. The summed E-state index contributed by atoms with van der Waals surface area (Å²) in [5, 5.41) is 3.51. The second-order valence-electron chi connectivity index (χ2n) is 6.61. The zero-order valence-electron chi connectivity index (χ0n) is 13.8. The van der Waals surface area contributed by atoms with E-state index in [1.54, 1.807) is 22.8 Å². The van der Waals surface area contributed by atoms with Crippen LogP contribution in [0.5, 0.6) is 0 Å². The number of aromatic nitrogens is 2. The second kappa shape index (κ2) is 6.52. The van der Waals surface area contributed by atoms with Crippen LogP contribution >= 0.6 is 0 Å². The Morgan fingerprint density at radius 1 is 1.35 bits per heavy atom. The lowest BCUT2D eigenvalue weighted by atomic mass is 10.1. The second-order valence-corrected chi connectivity index (χ2v) is 6.61. The number of carbonyl (C=O) groups excluding carboxylic acids is 1. The molecule has 2 aromatic rings. The lowest BCUT2D eigenvalue weighted by Gasteiger charge is -2.17. The van der Waals surface area contributed by atoms with E-state index < -0.39 is 0 Å². The van der Waals surface area contributed by atoms with Crippen molar-refractivity contribution in [3.8, 4) is 0 Å². The number of fused-ring (bicyclic) bond motifs is 2. The van der Waals surface area contributed by atoms with Crippen LogP contribution in [0.2, 0.25) is 0 Å². The third-order valence-corrected chi connectivity index (χ3v) is 4.34. The summed E-state index contributed by atoms with van der Waals surface area (Å²) in [6.07, 6.45) is 3.87. The molecule has 1 aromatic heterocycles. The molecule has 0 spiro atoms. The van der Waals surface area contributed by atoms with Gasteiger partial charge in [-0.3, -0.25) is 14.2 Å². The number of benzene rings is 1. The third-order valence-electron chi connectivity index (χ3n) is 4.34. The van der Waals surface area contributed by atoms with E-state index in [0.29, 0.717) is 28.9 Å². The first kappa shape index (κ1) is 15.7. The summed E-state index contributed by atoms with van der Waals surface area (Å²) in [5.74, 6) is 1.29. The summed E-state index contributed by atoms with van der Waals surface area (Å²) >= 11 is 0. The normalized spacial score (nSPS) is 14.0. The zero-order valence-corrected chi connectivity index (χ0v) is 13.8. The average Bonchev–Trinajstić information content (AvgIpc) is 2.54. The van der Waals surface area contributed by atoms with Crippen LogP contribution in [0.1, 0.15) is 49.3 Å². The van der Waals surface area contributed by atoms with E-state index in [1.807, 2.05) is 0 Å². The summed E-state index contributed by atoms with van der Waals surface area (Å²) in [5.41, 5.74) is 1.20. The molecule has 23 heavy (non-hydrogen) atoms. The highest BCUT2D eigenvalue weighted by molar-refractivity contribution is 5.97. The monoisotopic (exact) mass is 313 g/mol. The van der Waals surface area contributed by atoms with Gasteiger partial charge in [-0.2, -0.15) is 0 Å². The van der Waals surface area contributed by atoms with Gasteiger partial charge in [-0.15, -0.1) is 0 Å². The van der Waals surface area contributed by atoms with Gasteiger partial charge in [0, 0.05) is 25.1 Å². The third kappa shape index (κ3) is 3.28. The minimum atomic E-state index is -0.104. The van der Waals surface area contributed by atoms with Crippen molar-refractivity contribution in [3.05, 3.63) is 39.9 Å². The molecule has 0 bridgehead atoms. The van der Waals surface area contributed by atoms with Gasteiger partial charge in [0.15, 0.2) is 0 Å². The first-order valence-electron chi connectivity index (χ1n) is 8.38. The van der Waals surface area contributed by atoms with Crippen LogP contribution in [0.15, 0.2) is 23.0 Å². The van der Waals surface area contributed by atoms with Crippen LogP contribution in [0.25, 0.3) is 10.9 Å². The number of nitrogens with one attached hydrogen (secondary N) is 1. The number of aryl methyl sites for hydroxylation is 1. The molecule has 0 aliphatic carbocycles. The van der Waals surface area contributed by atoms with Crippen molar-refractivity contribution in [1.82, 2.24) is 14.9 Å². The van der Waals surface area contributed by atoms with Gasteiger partial charge in [0.2, 0.25) is 0 Å². The Morgan fingerprint density at radius 2 is 2.17 bits per heavy atom. The molecule has 5 heteroatoms. The van der Waals surface area contributed by atoms with E-state index >= 15 is 0 Å². The molecule has 1 aliphatic rings. The Kier molecular flexibility index (Phi) is 4.46. The molecule has 0 radical (unpaired) electrons. The predicted molar refractivity (Wildman–Crippen MR) is 90.7 cm³/mol. The SMILES string of the molecule is CC(C)CCNC(=O)c1ccc2c(=O)n3c(nc2c1)CCCC3. The van der Waals surface area contributed by atoms with Gasteiger partial charge in [-0.1, -0.05) is 13.8 Å². The van der Waals surface area contributed by atoms with Crippen molar-refractivity contribution in [1.29, 1.82) is 0 Å². The van der Waals surface area contributed by atoms with Gasteiger partial charge >= 0.3 is 0 Å². The Balaban J connectivity index is 1.90. The Labute approximate surface area is 135 Å².